The monoisotopic (exact) mass is 384 g/mol. The van der Waals surface area contributed by atoms with Gasteiger partial charge in [-0.05, 0) is 49.9 Å². The van der Waals surface area contributed by atoms with Crippen molar-refractivity contribution >= 4 is 28.3 Å². The number of methoxy groups -OCH3 is 1. The molecule has 1 fully saturated rings. The maximum atomic E-state index is 12.6. The molecule has 1 saturated heterocycles. The van der Waals surface area contributed by atoms with Crippen LogP contribution < -0.4 is 15.4 Å². The number of fused-ring (bicyclic) bond motifs is 1. The second-order valence-corrected chi connectivity index (χ2v) is 7.36. The van der Waals surface area contributed by atoms with Gasteiger partial charge in [0.2, 0.25) is 5.91 Å². The van der Waals surface area contributed by atoms with E-state index in [1.807, 2.05) is 30.3 Å². The highest BCUT2D eigenvalue weighted by Gasteiger charge is 2.22. The van der Waals surface area contributed by atoms with Crippen LogP contribution in [0.4, 0.5) is 5.69 Å². The lowest BCUT2D eigenvalue weighted by Gasteiger charge is -2.28. The van der Waals surface area contributed by atoms with E-state index in [0.717, 1.165) is 29.5 Å². The first kappa shape index (κ1) is 20.1. The van der Waals surface area contributed by atoms with Crippen molar-refractivity contribution in [3.8, 4) is 5.75 Å². The van der Waals surface area contributed by atoms with Crippen molar-refractivity contribution in [1.29, 1.82) is 0 Å². The Morgan fingerprint density at radius 2 is 2.00 bits per heavy atom. The van der Waals surface area contributed by atoms with Crippen LogP contribution in [0.25, 0.3) is 10.8 Å². The van der Waals surface area contributed by atoms with E-state index in [4.69, 9.17) is 4.74 Å². The molecule has 150 valence electrons. The zero-order valence-electron chi connectivity index (χ0n) is 16.5. The van der Waals surface area contributed by atoms with Crippen molar-refractivity contribution in [2.45, 2.75) is 26.2 Å². The van der Waals surface area contributed by atoms with Crippen LogP contribution in [-0.2, 0) is 14.3 Å². The summed E-state index contributed by atoms with van der Waals surface area (Å²) < 4.78 is 10.2. The summed E-state index contributed by atoms with van der Waals surface area (Å²) in [6.07, 6.45) is 2.85. The minimum atomic E-state index is -0.437. The molecule has 0 radical (unpaired) electrons. The molecule has 0 aliphatic carbocycles. The lowest BCUT2D eigenvalue weighted by molar-refractivity contribution is -0.142. The number of benzene rings is 2. The van der Waals surface area contributed by atoms with Gasteiger partial charge >= 0.3 is 5.97 Å². The van der Waals surface area contributed by atoms with Crippen LogP contribution in [0.3, 0.4) is 0 Å². The van der Waals surface area contributed by atoms with Gasteiger partial charge in [0.1, 0.15) is 5.75 Å². The highest BCUT2D eigenvalue weighted by molar-refractivity contribution is 6.04. The highest BCUT2D eigenvalue weighted by Crippen LogP contribution is 2.32. The van der Waals surface area contributed by atoms with E-state index in [1.165, 1.54) is 20.0 Å². The number of anilines is 1. The Morgan fingerprint density at radius 1 is 1.21 bits per heavy atom. The smallest absolute Gasteiger partial charge is 0.343 e. The topological polar surface area (TPSA) is 76.7 Å². The summed E-state index contributed by atoms with van der Waals surface area (Å²) in [5, 5.41) is 8.19. The van der Waals surface area contributed by atoms with Crippen LogP contribution in [0.2, 0.25) is 0 Å². The molecule has 1 aliphatic rings. The van der Waals surface area contributed by atoms with Gasteiger partial charge in [0.15, 0.2) is 6.61 Å². The Labute approximate surface area is 165 Å². The summed E-state index contributed by atoms with van der Waals surface area (Å²) in [4.78, 5) is 24.0. The van der Waals surface area contributed by atoms with Crippen LogP contribution in [0, 0.1) is 11.8 Å². The summed E-state index contributed by atoms with van der Waals surface area (Å²) in [6, 6.07) is 11.3. The van der Waals surface area contributed by atoms with Crippen LogP contribution in [-0.4, -0.2) is 38.7 Å². The van der Waals surface area contributed by atoms with Crippen LogP contribution in [0.1, 0.15) is 26.2 Å². The minimum absolute atomic E-state index is 0.0199. The molecule has 0 bridgehead atoms. The van der Waals surface area contributed by atoms with Crippen LogP contribution in [0.5, 0.6) is 5.75 Å². The van der Waals surface area contributed by atoms with Gasteiger partial charge in [0, 0.05) is 22.9 Å². The molecule has 0 saturated carbocycles. The van der Waals surface area contributed by atoms with E-state index in [2.05, 4.69) is 22.3 Å². The zero-order valence-corrected chi connectivity index (χ0v) is 16.5. The molecule has 2 N–H and O–H groups in total. The van der Waals surface area contributed by atoms with Gasteiger partial charge < -0.3 is 20.1 Å². The van der Waals surface area contributed by atoms with Gasteiger partial charge in [0.25, 0.3) is 0 Å². The van der Waals surface area contributed by atoms with Gasteiger partial charge in [-0.3, -0.25) is 4.79 Å². The van der Waals surface area contributed by atoms with Gasteiger partial charge in [-0.2, -0.15) is 0 Å². The Kier molecular flexibility index (Phi) is 6.87. The maximum Gasteiger partial charge on any atom is 0.343 e. The summed E-state index contributed by atoms with van der Waals surface area (Å²) in [7, 11) is 1.33. The predicted octanol–water partition coefficient (Wildman–Crippen LogP) is 3.36. The van der Waals surface area contributed by atoms with Crippen LogP contribution >= 0.6 is 0 Å². The first-order valence-electron chi connectivity index (χ1n) is 9.80. The normalized spacial score (nSPS) is 17.7. The summed E-state index contributed by atoms with van der Waals surface area (Å²) in [6.45, 7) is 4.06. The predicted molar refractivity (Wildman–Crippen MR) is 109 cm³/mol. The first-order valence-corrected chi connectivity index (χ1v) is 9.80. The van der Waals surface area contributed by atoms with Crippen molar-refractivity contribution in [3.05, 3.63) is 36.4 Å². The molecule has 6 nitrogen and oxygen atoms in total. The number of rotatable bonds is 7. The number of carbonyl (C=O) groups is 2. The standard InChI is InChI=1S/C22H28N2O4/c1-15(16-6-5-11-23-13-16)12-21(25)24-19-9-10-20(28-14-22(26)27-2)18-8-4-3-7-17(18)19/h3-4,7-10,15-16,23H,5-6,11-14H2,1-2H3,(H,24,25). The number of amides is 1. The third-order valence-electron chi connectivity index (χ3n) is 5.38. The second kappa shape index (κ2) is 9.55. The molecule has 1 amide bonds. The molecule has 2 atom stereocenters. The average Bonchev–Trinajstić information content (AvgIpc) is 2.73. The molecule has 0 aromatic heterocycles. The molecular formula is C22H28N2O4. The zero-order chi connectivity index (χ0) is 19.9. The molecule has 28 heavy (non-hydrogen) atoms. The van der Waals surface area contributed by atoms with Crippen LogP contribution in [0.15, 0.2) is 36.4 Å². The van der Waals surface area contributed by atoms with Gasteiger partial charge in [-0.25, -0.2) is 4.79 Å². The fraction of sp³-hybridized carbons (Fsp3) is 0.455. The largest absolute Gasteiger partial charge is 0.481 e. The Balaban J connectivity index is 1.70. The number of esters is 1. The third kappa shape index (κ3) is 5.01. The second-order valence-electron chi connectivity index (χ2n) is 7.36. The first-order chi connectivity index (χ1) is 13.6. The van der Waals surface area contributed by atoms with Crippen molar-refractivity contribution in [3.63, 3.8) is 0 Å². The molecule has 0 spiro atoms. The number of ether oxygens (including phenoxy) is 2. The third-order valence-corrected chi connectivity index (χ3v) is 5.38. The quantitative estimate of drug-likeness (QED) is 0.716. The van der Waals surface area contributed by atoms with E-state index in [9.17, 15) is 9.59 Å². The fourth-order valence-electron chi connectivity index (χ4n) is 3.73. The molecular weight excluding hydrogens is 356 g/mol. The van der Waals surface area contributed by atoms with E-state index in [0.29, 0.717) is 24.0 Å². The van der Waals surface area contributed by atoms with Crippen molar-refractivity contribution in [1.82, 2.24) is 5.32 Å². The number of piperidine rings is 1. The molecule has 2 aromatic rings. The lowest BCUT2D eigenvalue weighted by atomic mass is 9.85. The Morgan fingerprint density at radius 3 is 2.71 bits per heavy atom. The average molecular weight is 384 g/mol. The molecule has 2 unspecified atom stereocenters. The molecule has 1 aliphatic heterocycles. The molecule has 1 heterocycles. The summed E-state index contributed by atoms with van der Waals surface area (Å²) in [5.41, 5.74) is 0.750. The fourth-order valence-corrected chi connectivity index (χ4v) is 3.73. The number of nitrogens with one attached hydrogen (secondary N) is 2. The molecule has 6 heteroatoms. The lowest BCUT2D eigenvalue weighted by Crippen LogP contribution is -2.34. The van der Waals surface area contributed by atoms with Crippen molar-refractivity contribution < 1.29 is 19.1 Å². The number of carbonyl (C=O) groups excluding carboxylic acids is 2. The Bertz CT molecular complexity index is 830. The number of hydrogen-bond acceptors (Lipinski definition) is 5. The number of hydrogen-bond donors (Lipinski definition) is 2. The SMILES string of the molecule is COC(=O)COc1ccc(NC(=O)CC(C)C2CCCNC2)c2ccccc12. The van der Waals surface area contributed by atoms with E-state index >= 15 is 0 Å². The van der Waals surface area contributed by atoms with E-state index in [-0.39, 0.29) is 12.5 Å². The van der Waals surface area contributed by atoms with Crippen molar-refractivity contribution in [2.75, 3.05) is 32.1 Å². The van der Waals surface area contributed by atoms with Gasteiger partial charge in [0.05, 0.1) is 7.11 Å². The Hall–Kier alpha value is -2.60. The minimum Gasteiger partial charge on any atom is -0.481 e. The van der Waals surface area contributed by atoms with Crippen molar-refractivity contribution in [2.24, 2.45) is 11.8 Å². The summed E-state index contributed by atoms with van der Waals surface area (Å²) >= 11 is 0. The molecule has 2 aromatic carbocycles. The van der Waals surface area contributed by atoms with E-state index in [1.54, 1.807) is 6.07 Å². The molecule has 3 rings (SSSR count). The summed E-state index contributed by atoms with van der Waals surface area (Å²) in [5.74, 6) is 1.05. The maximum absolute atomic E-state index is 12.6. The van der Waals surface area contributed by atoms with Gasteiger partial charge in [-0.15, -0.1) is 0 Å². The highest BCUT2D eigenvalue weighted by atomic mass is 16.6. The van der Waals surface area contributed by atoms with Gasteiger partial charge in [-0.1, -0.05) is 31.2 Å². The van der Waals surface area contributed by atoms with E-state index < -0.39 is 5.97 Å².